The van der Waals surface area contributed by atoms with Crippen LogP contribution in [-0.4, -0.2) is 5.54 Å². The van der Waals surface area contributed by atoms with E-state index in [2.05, 4.69) is 49.7 Å². The van der Waals surface area contributed by atoms with Crippen molar-refractivity contribution in [2.75, 3.05) is 0 Å². The highest BCUT2D eigenvalue weighted by Crippen LogP contribution is 2.50. The SMILES string of the molecule is CC1(C)CC(C)(C)CC(N)(Cc2ccc(Br)cc2Cl)C1. The Bertz CT molecular complexity index is 492. The van der Waals surface area contributed by atoms with Gasteiger partial charge in [0.1, 0.15) is 0 Å². The molecule has 0 saturated heterocycles. The van der Waals surface area contributed by atoms with Crippen molar-refractivity contribution in [1.82, 2.24) is 0 Å². The lowest BCUT2D eigenvalue weighted by Crippen LogP contribution is -2.53. The van der Waals surface area contributed by atoms with Gasteiger partial charge in [-0.25, -0.2) is 0 Å². The fourth-order valence-electron chi connectivity index (χ4n) is 4.56. The van der Waals surface area contributed by atoms with Crippen molar-refractivity contribution in [3.8, 4) is 0 Å². The van der Waals surface area contributed by atoms with E-state index < -0.39 is 0 Å². The first-order chi connectivity index (χ1) is 9.00. The van der Waals surface area contributed by atoms with Crippen molar-refractivity contribution in [3.05, 3.63) is 33.3 Å². The molecule has 0 amide bonds. The molecular weight excluding hydrogens is 334 g/mol. The fourth-order valence-corrected chi connectivity index (χ4v) is 5.30. The molecule has 112 valence electrons. The molecule has 1 aromatic rings. The summed E-state index contributed by atoms with van der Waals surface area (Å²) < 4.78 is 1.02. The molecule has 0 bridgehead atoms. The van der Waals surface area contributed by atoms with E-state index in [0.29, 0.717) is 10.8 Å². The van der Waals surface area contributed by atoms with Crippen LogP contribution < -0.4 is 5.73 Å². The van der Waals surface area contributed by atoms with Crippen LogP contribution in [0.25, 0.3) is 0 Å². The van der Waals surface area contributed by atoms with Gasteiger partial charge in [0, 0.05) is 15.0 Å². The van der Waals surface area contributed by atoms with Crippen LogP contribution in [0.3, 0.4) is 0 Å². The minimum absolute atomic E-state index is 0.164. The average molecular weight is 359 g/mol. The smallest absolute Gasteiger partial charge is 0.0449 e. The second-order valence-electron chi connectivity index (χ2n) is 8.13. The Kier molecular flexibility index (Phi) is 4.32. The summed E-state index contributed by atoms with van der Waals surface area (Å²) in [6.07, 6.45) is 4.19. The number of hydrogen-bond donors (Lipinski definition) is 1. The lowest BCUT2D eigenvalue weighted by Gasteiger charge is -2.50. The Labute approximate surface area is 136 Å². The van der Waals surface area contributed by atoms with Gasteiger partial charge in [-0.3, -0.25) is 0 Å². The molecule has 0 atom stereocenters. The highest BCUT2D eigenvalue weighted by molar-refractivity contribution is 9.10. The summed E-state index contributed by atoms with van der Waals surface area (Å²) in [6.45, 7) is 9.33. The summed E-state index contributed by atoms with van der Waals surface area (Å²) in [6, 6.07) is 6.10. The summed E-state index contributed by atoms with van der Waals surface area (Å²) in [5.74, 6) is 0. The van der Waals surface area contributed by atoms with Crippen LogP contribution in [0.4, 0.5) is 0 Å². The van der Waals surface area contributed by atoms with E-state index in [1.54, 1.807) is 0 Å². The van der Waals surface area contributed by atoms with Gasteiger partial charge in [0.2, 0.25) is 0 Å². The van der Waals surface area contributed by atoms with Crippen LogP contribution in [0.5, 0.6) is 0 Å². The van der Waals surface area contributed by atoms with Gasteiger partial charge < -0.3 is 5.73 Å². The first-order valence-corrected chi connectivity index (χ1v) is 8.40. The molecule has 1 aliphatic rings. The van der Waals surface area contributed by atoms with E-state index in [9.17, 15) is 0 Å². The van der Waals surface area contributed by atoms with Gasteiger partial charge in [0.25, 0.3) is 0 Å². The van der Waals surface area contributed by atoms with E-state index >= 15 is 0 Å². The van der Waals surface area contributed by atoms with Crippen molar-refractivity contribution in [2.24, 2.45) is 16.6 Å². The summed E-state index contributed by atoms with van der Waals surface area (Å²) in [7, 11) is 0. The quantitative estimate of drug-likeness (QED) is 0.734. The second kappa shape index (κ2) is 5.30. The topological polar surface area (TPSA) is 26.0 Å². The third-order valence-corrected chi connectivity index (χ3v) is 5.02. The third kappa shape index (κ3) is 3.99. The first-order valence-electron chi connectivity index (χ1n) is 7.23. The zero-order valence-corrected chi connectivity index (χ0v) is 15.2. The van der Waals surface area contributed by atoms with Crippen LogP contribution in [0.15, 0.2) is 22.7 Å². The summed E-state index contributed by atoms with van der Waals surface area (Å²) in [5.41, 5.74) is 8.35. The van der Waals surface area contributed by atoms with Crippen molar-refractivity contribution in [3.63, 3.8) is 0 Å². The van der Waals surface area contributed by atoms with Crippen LogP contribution >= 0.6 is 27.5 Å². The zero-order chi connectivity index (χ0) is 15.2. The van der Waals surface area contributed by atoms with E-state index in [1.165, 1.54) is 6.42 Å². The Morgan fingerprint density at radius 1 is 1.10 bits per heavy atom. The number of benzene rings is 1. The molecule has 2 rings (SSSR count). The molecule has 1 aromatic carbocycles. The van der Waals surface area contributed by atoms with Gasteiger partial charge >= 0.3 is 0 Å². The van der Waals surface area contributed by atoms with Crippen molar-refractivity contribution >= 4 is 27.5 Å². The first kappa shape index (κ1) is 16.3. The zero-order valence-electron chi connectivity index (χ0n) is 12.9. The Balaban J connectivity index is 2.26. The molecule has 20 heavy (non-hydrogen) atoms. The van der Waals surface area contributed by atoms with Gasteiger partial charge in [-0.15, -0.1) is 0 Å². The van der Waals surface area contributed by atoms with E-state index in [0.717, 1.165) is 34.3 Å². The van der Waals surface area contributed by atoms with Gasteiger partial charge in [0.15, 0.2) is 0 Å². The van der Waals surface area contributed by atoms with Crippen LogP contribution in [0.2, 0.25) is 5.02 Å². The maximum atomic E-state index is 6.78. The van der Waals surface area contributed by atoms with E-state index in [-0.39, 0.29) is 5.54 Å². The summed E-state index contributed by atoms with van der Waals surface area (Å²) in [5, 5.41) is 0.811. The predicted octanol–water partition coefficient (Wildman–Crippen LogP) is 5.58. The van der Waals surface area contributed by atoms with Gasteiger partial charge in [-0.2, -0.15) is 0 Å². The third-order valence-electron chi connectivity index (χ3n) is 4.18. The largest absolute Gasteiger partial charge is 0.325 e. The molecule has 1 nitrogen and oxygen atoms in total. The maximum Gasteiger partial charge on any atom is 0.0449 e. The molecule has 0 spiro atoms. The number of rotatable bonds is 2. The standard InChI is InChI=1S/C17H25BrClN/c1-15(2)9-16(3,4)11-17(20,10-15)8-12-5-6-13(18)7-14(12)19/h5-7H,8-11,20H2,1-4H3. The number of hydrogen-bond acceptors (Lipinski definition) is 1. The summed E-state index contributed by atoms with van der Waals surface area (Å²) >= 11 is 9.82. The molecule has 2 N–H and O–H groups in total. The monoisotopic (exact) mass is 357 g/mol. The lowest BCUT2D eigenvalue weighted by molar-refractivity contribution is 0.0487. The normalized spacial score (nSPS) is 23.6. The Hall–Kier alpha value is -0.0500. The molecule has 0 heterocycles. The van der Waals surface area contributed by atoms with Gasteiger partial charge in [-0.05, 0) is 54.2 Å². The average Bonchev–Trinajstić information content (AvgIpc) is 2.16. The summed E-state index contributed by atoms with van der Waals surface area (Å²) in [4.78, 5) is 0. The molecule has 0 aliphatic heterocycles. The molecule has 1 saturated carbocycles. The highest BCUT2D eigenvalue weighted by atomic mass is 79.9. The Morgan fingerprint density at radius 3 is 2.15 bits per heavy atom. The lowest BCUT2D eigenvalue weighted by atomic mass is 9.57. The van der Waals surface area contributed by atoms with Crippen molar-refractivity contribution in [1.29, 1.82) is 0 Å². The molecular formula is C17H25BrClN. The van der Waals surface area contributed by atoms with E-state index in [4.69, 9.17) is 17.3 Å². The van der Waals surface area contributed by atoms with Crippen molar-refractivity contribution < 1.29 is 0 Å². The molecule has 0 aromatic heterocycles. The minimum Gasteiger partial charge on any atom is -0.325 e. The van der Waals surface area contributed by atoms with Gasteiger partial charge in [0.05, 0.1) is 0 Å². The number of nitrogens with two attached hydrogens (primary N) is 1. The van der Waals surface area contributed by atoms with Crippen LogP contribution in [-0.2, 0) is 6.42 Å². The van der Waals surface area contributed by atoms with Crippen LogP contribution in [0.1, 0.15) is 52.5 Å². The van der Waals surface area contributed by atoms with Crippen molar-refractivity contribution in [2.45, 2.75) is 58.9 Å². The molecule has 1 aliphatic carbocycles. The van der Waals surface area contributed by atoms with Crippen LogP contribution in [0, 0.1) is 10.8 Å². The predicted molar refractivity (Wildman–Crippen MR) is 91.2 cm³/mol. The molecule has 3 heteroatoms. The maximum absolute atomic E-state index is 6.78. The highest BCUT2D eigenvalue weighted by Gasteiger charge is 2.45. The number of halogens is 2. The molecule has 1 fully saturated rings. The fraction of sp³-hybridized carbons (Fsp3) is 0.647. The second-order valence-corrected chi connectivity index (χ2v) is 9.46. The minimum atomic E-state index is -0.164. The van der Waals surface area contributed by atoms with E-state index in [1.807, 2.05) is 12.1 Å². The van der Waals surface area contributed by atoms with Gasteiger partial charge in [-0.1, -0.05) is 61.3 Å². The Morgan fingerprint density at radius 2 is 1.65 bits per heavy atom. The molecule has 0 unspecified atom stereocenters. The molecule has 0 radical (unpaired) electrons.